The fourth-order valence-electron chi connectivity index (χ4n) is 4.02. The Kier molecular flexibility index (Phi) is 7.15. The van der Waals surface area contributed by atoms with Crippen molar-refractivity contribution < 1.29 is 33.4 Å². The van der Waals surface area contributed by atoms with E-state index < -0.39 is 23.8 Å². The van der Waals surface area contributed by atoms with Crippen LogP contribution in [0.2, 0.25) is 0 Å². The van der Waals surface area contributed by atoms with Gasteiger partial charge in [0.15, 0.2) is 0 Å². The van der Waals surface area contributed by atoms with Crippen LogP contribution in [0.4, 0.5) is 5.69 Å². The number of hydrogen-bond acceptors (Lipinski definition) is 7. The molecule has 0 fully saturated rings. The van der Waals surface area contributed by atoms with Gasteiger partial charge in [-0.25, -0.2) is 14.5 Å². The van der Waals surface area contributed by atoms with E-state index >= 15 is 0 Å². The van der Waals surface area contributed by atoms with Crippen LogP contribution in [-0.2, 0) is 9.47 Å². The highest BCUT2D eigenvalue weighted by molar-refractivity contribution is 6.35. The third-order valence-electron chi connectivity index (χ3n) is 5.90. The van der Waals surface area contributed by atoms with Crippen molar-refractivity contribution in [1.82, 2.24) is 0 Å². The highest BCUT2D eigenvalue weighted by Gasteiger charge is 2.39. The van der Waals surface area contributed by atoms with E-state index in [1.807, 2.05) is 37.3 Å². The van der Waals surface area contributed by atoms with Crippen molar-refractivity contribution in [1.29, 1.82) is 0 Å². The Hall–Kier alpha value is -4.46. The predicted octanol–water partition coefficient (Wildman–Crippen LogP) is 4.91. The van der Waals surface area contributed by atoms with Crippen LogP contribution in [0, 0.1) is 0 Å². The van der Waals surface area contributed by atoms with Gasteiger partial charge in [-0.05, 0) is 36.2 Å². The first kappa shape index (κ1) is 24.7. The zero-order chi connectivity index (χ0) is 25.8. The molecule has 3 aromatic rings. The smallest absolute Gasteiger partial charge is 0.340 e. The molecule has 0 N–H and O–H groups in total. The fourth-order valence-corrected chi connectivity index (χ4v) is 4.02. The minimum Gasteiger partial charge on any atom is -0.496 e. The zero-order valence-corrected chi connectivity index (χ0v) is 20.2. The van der Waals surface area contributed by atoms with Crippen LogP contribution >= 0.6 is 0 Å². The number of anilines is 1. The van der Waals surface area contributed by atoms with Crippen LogP contribution in [0.3, 0.4) is 0 Å². The lowest BCUT2D eigenvalue weighted by Crippen LogP contribution is -2.31. The summed E-state index contributed by atoms with van der Waals surface area (Å²) in [6.45, 7) is 2.24. The number of fused-ring (bicyclic) bond motifs is 1. The molecular formula is C28H25NO7. The summed E-state index contributed by atoms with van der Waals surface area (Å²) in [5.41, 5.74) is 1.75. The fraction of sp³-hybridized carbons (Fsp3) is 0.214. The molecule has 36 heavy (non-hydrogen) atoms. The van der Waals surface area contributed by atoms with E-state index in [-0.39, 0.29) is 34.5 Å². The van der Waals surface area contributed by atoms with Gasteiger partial charge in [-0.2, -0.15) is 0 Å². The number of methoxy groups -OCH3 is 2. The second kappa shape index (κ2) is 10.4. The lowest BCUT2D eigenvalue weighted by molar-refractivity contribution is 0.0498. The van der Waals surface area contributed by atoms with Crippen LogP contribution in [-0.4, -0.2) is 44.6 Å². The number of nitrogens with zero attached hydrogens (tertiary/aromatic N) is 1. The number of unbranched alkanes of at least 4 members (excludes halogenated alkanes) is 1. The maximum atomic E-state index is 13.4. The molecule has 4 rings (SSSR count). The van der Waals surface area contributed by atoms with Crippen LogP contribution in [0.25, 0.3) is 11.1 Å². The summed E-state index contributed by atoms with van der Waals surface area (Å²) in [6.07, 6.45) is 1.59. The third kappa shape index (κ3) is 4.45. The van der Waals surface area contributed by atoms with Gasteiger partial charge >= 0.3 is 11.9 Å². The minimum absolute atomic E-state index is 0.0193. The number of hydrogen-bond donors (Lipinski definition) is 0. The summed E-state index contributed by atoms with van der Waals surface area (Å²) >= 11 is 0. The average Bonchev–Trinajstić information content (AvgIpc) is 3.16. The molecule has 2 amide bonds. The topological polar surface area (TPSA) is 99.2 Å². The molecule has 1 aliphatic heterocycles. The quantitative estimate of drug-likeness (QED) is 0.253. The van der Waals surface area contributed by atoms with Crippen LogP contribution in [0.5, 0.6) is 5.75 Å². The standard InChI is InChI=1S/C28H25NO7/c1-4-5-13-36-27(32)18-11-12-19-21(14-18)26(31)29(25(19)30)23-16-24(34-2)20(15-22(23)28(33)35-3)17-9-7-6-8-10-17/h6-12,14-16H,4-5,13H2,1-3H3. The maximum absolute atomic E-state index is 13.4. The summed E-state index contributed by atoms with van der Waals surface area (Å²) in [6, 6.07) is 16.5. The lowest BCUT2D eigenvalue weighted by atomic mass is 9.99. The second-order valence-electron chi connectivity index (χ2n) is 8.12. The number of carbonyl (C=O) groups excluding carboxylic acids is 4. The Morgan fingerprint density at radius 1 is 0.833 bits per heavy atom. The molecule has 1 heterocycles. The predicted molar refractivity (Wildman–Crippen MR) is 133 cm³/mol. The molecule has 8 nitrogen and oxygen atoms in total. The first-order valence-corrected chi connectivity index (χ1v) is 11.5. The summed E-state index contributed by atoms with van der Waals surface area (Å²) in [5, 5.41) is 0. The van der Waals surface area contributed by atoms with E-state index in [0.29, 0.717) is 11.3 Å². The van der Waals surface area contributed by atoms with E-state index in [1.54, 1.807) is 0 Å². The van der Waals surface area contributed by atoms with Gasteiger partial charge in [0.2, 0.25) is 0 Å². The monoisotopic (exact) mass is 487 g/mol. The number of amides is 2. The van der Waals surface area contributed by atoms with Gasteiger partial charge in [0.1, 0.15) is 5.75 Å². The summed E-state index contributed by atoms with van der Waals surface area (Å²) in [5.74, 6) is -2.23. The maximum Gasteiger partial charge on any atom is 0.340 e. The molecule has 3 aromatic carbocycles. The zero-order valence-electron chi connectivity index (χ0n) is 20.2. The molecule has 0 saturated carbocycles. The van der Waals surface area contributed by atoms with E-state index in [9.17, 15) is 19.2 Å². The van der Waals surface area contributed by atoms with Crippen molar-refractivity contribution in [3.63, 3.8) is 0 Å². The molecule has 0 unspecified atom stereocenters. The van der Waals surface area contributed by atoms with Gasteiger partial charge in [-0.15, -0.1) is 0 Å². The number of ether oxygens (including phenoxy) is 3. The van der Waals surface area contributed by atoms with Crippen LogP contribution in [0.15, 0.2) is 60.7 Å². The Labute approximate surface area is 208 Å². The summed E-state index contributed by atoms with van der Waals surface area (Å²) in [7, 11) is 2.68. The van der Waals surface area contributed by atoms with Crippen molar-refractivity contribution in [3.8, 4) is 16.9 Å². The first-order chi connectivity index (χ1) is 17.4. The number of rotatable bonds is 8. The van der Waals surface area contributed by atoms with Crippen molar-refractivity contribution >= 4 is 29.4 Å². The van der Waals surface area contributed by atoms with E-state index in [2.05, 4.69) is 0 Å². The second-order valence-corrected chi connectivity index (χ2v) is 8.12. The number of benzene rings is 3. The molecule has 0 spiro atoms. The molecule has 0 atom stereocenters. The Morgan fingerprint density at radius 2 is 1.56 bits per heavy atom. The average molecular weight is 488 g/mol. The summed E-state index contributed by atoms with van der Waals surface area (Å²) < 4.78 is 15.7. The van der Waals surface area contributed by atoms with Gasteiger partial charge < -0.3 is 14.2 Å². The molecule has 0 bridgehead atoms. The van der Waals surface area contributed by atoms with Crippen LogP contribution in [0.1, 0.15) is 61.2 Å². The van der Waals surface area contributed by atoms with Crippen molar-refractivity contribution in [2.24, 2.45) is 0 Å². The van der Waals surface area contributed by atoms with Gasteiger partial charge in [0.05, 0.1) is 48.8 Å². The highest BCUT2D eigenvalue weighted by atomic mass is 16.5. The van der Waals surface area contributed by atoms with Gasteiger partial charge in [0.25, 0.3) is 11.8 Å². The molecule has 0 saturated heterocycles. The SMILES string of the molecule is CCCCOC(=O)c1ccc2c(c1)C(=O)N(c1cc(OC)c(-c3ccccc3)cc1C(=O)OC)C2=O. The van der Waals surface area contributed by atoms with E-state index in [4.69, 9.17) is 14.2 Å². The highest BCUT2D eigenvalue weighted by Crippen LogP contribution is 2.39. The molecule has 0 aliphatic carbocycles. The summed E-state index contributed by atoms with van der Waals surface area (Å²) in [4.78, 5) is 52.8. The van der Waals surface area contributed by atoms with Crippen LogP contribution < -0.4 is 9.64 Å². The molecule has 184 valence electrons. The van der Waals surface area contributed by atoms with E-state index in [1.165, 1.54) is 44.6 Å². The Morgan fingerprint density at radius 3 is 2.22 bits per heavy atom. The third-order valence-corrected chi connectivity index (χ3v) is 5.90. The number of esters is 2. The van der Waals surface area contributed by atoms with E-state index in [0.717, 1.165) is 23.3 Å². The van der Waals surface area contributed by atoms with Crippen molar-refractivity contribution in [2.45, 2.75) is 19.8 Å². The van der Waals surface area contributed by atoms with Gasteiger partial charge in [-0.1, -0.05) is 43.7 Å². The largest absolute Gasteiger partial charge is 0.496 e. The van der Waals surface area contributed by atoms with Gasteiger partial charge in [-0.3, -0.25) is 9.59 Å². The molecular weight excluding hydrogens is 462 g/mol. The molecule has 0 radical (unpaired) electrons. The first-order valence-electron chi connectivity index (χ1n) is 11.5. The lowest BCUT2D eigenvalue weighted by Gasteiger charge is -2.20. The number of imide groups is 1. The Balaban J connectivity index is 1.78. The van der Waals surface area contributed by atoms with Gasteiger partial charge in [0, 0.05) is 11.6 Å². The van der Waals surface area contributed by atoms with Crippen molar-refractivity contribution in [3.05, 3.63) is 82.9 Å². The molecule has 8 heteroatoms. The molecule has 0 aromatic heterocycles. The minimum atomic E-state index is -0.721. The van der Waals surface area contributed by atoms with Crippen molar-refractivity contribution in [2.75, 3.05) is 25.7 Å². The molecule has 1 aliphatic rings. The number of carbonyl (C=O) groups is 4. The Bertz CT molecular complexity index is 1350. The normalized spacial score (nSPS) is 12.4.